The van der Waals surface area contributed by atoms with Crippen LogP contribution in [0.15, 0.2) is 12.7 Å². The van der Waals surface area contributed by atoms with Gasteiger partial charge in [-0.05, 0) is 0 Å². The molecule has 0 saturated heterocycles. The Labute approximate surface area is 123 Å². The summed E-state index contributed by atoms with van der Waals surface area (Å²) >= 11 is 0. The molecule has 0 aliphatic rings. The van der Waals surface area contributed by atoms with Gasteiger partial charge in [-0.15, -0.1) is 0 Å². The van der Waals surface area contributed by atoms with E-state index in [-0.39, 0.29) is 51.4 Å². The van der Waals surface area contributed by atoms with E-state index in [1.807, 2.05) is 0 Å². The van der Waals surface area contributed by atoms with E-state index in [1.54, 1.807) is 0 Å². The minimum Gasteiger partial charge on any atom is -0.545 e. The molecule has 1 atom stereocenters. The maximum atomic E-state index is 10.7. The number of esters is 2. The number of ether oxygens (including phenoxy) is 2. The van der Waals surface area contributed by atoms with Crippen molar-refractivity contribution in [2.24, 2.45) is 0 Å². The average Bonchev–Trinajstić information content (AvgIpc) is 2.11. The van der Waals surface area contributed by atoms with Crippen LogP contribution in [0.4, 0.5) is 0 Å². The van der Waals surface area contributed by atoms with Crippen LogP contribution in [0.5, 0.6) is 0 Å². The van der Waals surface area contributed by atoms with Crippen molar-refractivity contribution in [3.63, 3.8) is 0 Å². The number of aliphatic carboxylic acids is 1. The fourth-order valence-electron chi connectivity index (χ4n) is 0.464. The number of carboxylic acid groups (broad SMARTS) is 1. The predicted octanol–water partition coefficient (Wildman–Crippen LogP) is -4.99. The van der Waals surface area contributed by atoms with Gasteiger partial charge < -0.3 is 19.4 Å². The second-order valence-electron chi connectivity index (χ2n) is 1.86. The molecule has 72 valence electrons. The van der Waals surface area contributed by atoms with Gasteiger partial charge in [-0.2, -0.15) is 0 Å². The molecule has 0 heterocycles. The molecule has 7 heteroatoms. The van der Waals surface area contributed by atoms with Crippen molar-refractivity contribution in [2.45, 2.75) is 6.10 Å². The smallest absolute Gasteiger partial charge is 0.545 e. The Bertz CT molecular complexity index is 249. The molecule has 0 aromatic carbocycles. The molecule has 0 saturated carbocycles. The van der Waals surface area contributed by atoms with Gasteiger partial charge in [0.1, 0.15) is 0 Å². The van der Waals surface area contributed by atoms with Gasteiger partial charge in [0, 0.05) is 6.08 Å². The summed E-state index contributed by atoms with van der Waals surface area (Å²) in [6.07, 6.45) is -1.32. The quantitative estimate of drug-likeness (QED) is 0.206. The van der Waals surface area contributed by atoms with E-state index < -0.39 is 24.0 Å². The minimum atomic E-state index is -2.05. The molecule has 0 fully saturated rings. The maximum absolute atomic E-state index is 10.7. The third kappa shape index (κ3) is 5.50. The van der Waals surface area contributed by atoms with Crippen LogP contribution in [0.2, 0.25) is 0 Å². The van der Waals surface area contributed by atoms with E-state index in [9.17, 15) is 19.5 Å². The van der Waals surface area contributed by atoms with Crippen LogP contribution in [-0.2, 0) is 23.9 Å². The zero-order valence-corrected chi connectivity index (χ0v) is 10.9. The summed E-state index contributed by atoms with van der Waals surface area (Å²) in [6, 6.07) is 0. The first-order chi connectivity index (χ1) is 6.02. The van der Waals surface area contributed by atoms with Crippen LogP contribution in [0.3, 0.4) is 0 Å². The van der Waals surface area contributed by atoms with Gasteiger partial charge in [0.2, 0.25) is 6.10 Å². The molecule has 1 unspecified atom stereocenters. The topological polar surface area (TPSA) is 92.7 Å². The zero-order chi connectivity index (χ0) is 10.4. The Kier molecular flexibility index (Phi) is 9.42. The first-order valence-corrected chi connectivity index (χ1v) is 3.14. The predicted molar refractivity (Wildman–Crippen MR) is 37.1 cm³/mol. The van der Waals surface area contributed by atoms with Crippen LogP contribution >= 0.6 is 0 Å². The molecule has 0 aromatic rings. The van der Waals surface area contributed by atoms with Crippen LogP contribution in [0.25, 0.3) is 0 Å². The van der Waals surface area contributed by atoms with Gasteiger partial charge in [0.15, 0.2) is 0 Å². The third-order valence-electron chi connectivity index (χ3n) is 1.03. The van der Waals surface area contributed by atoms with E-state index >= 15 is 0 Å². The second kappa shape index (κ2) is 8.12. The van der Waals surface area contributed by atoms with Gasteiger partial charge in [0.25, 0.3) is 0 Å². The van der Waals surface area contributed by atoms with Crippen LogP contribution in [-0.4, -0.2) is 31.1 Å². The molecule has 0 spiro atoms. The largest absolute Gasteiger partial charge is 1.00 e. The van der Waals surface area contributed by atoms with E-state index in [0.717, 1.165) is 13.2 Å². The fraction of sp³-hybridized carbons (Fsp3) is 0.286. The Morgan fingerprint density at radius 2 is 1.93 bits per heavy atom. The number of carboxylic acids is 1. The van der Waals surface area contributed by atoms with Gasteiger partial charge in [-0.1, -0.05) is 6.58 Å². The molecular weight excluding hydrogens is 219 g/mol. The Balaban J connectivity index is 0. The van der Waals surface area contributed by atoms with Crippen molar-refractivity contribution in [3.05, 3.63) is 12.7 Å². The monoisotopic (exact) mass is 226 g/mol. The first kappa shape index (κ1) is 16.2. The van der Waals surface area contributed by atoms with Crippen molar-refractivity contribution in [3.8, 4) is 0 Å². The number of hydrogen-bond donors (Lipinski definition) is 0. The molecule has 0 radical (unpaired) electrons. The zero-order valence-electron chi connectivity index (χ0n) is 7.81. The average molecular weight is 226 g/mol. The van der Waals surface area contributed by atoms with Gasteiger partial charge >= 0.3 is 63.3 Å². The number of hydrogen-bond acceptors (Lipinski definition) is 6. The summed E-state index contributed by atoms with van der Waals surface area (Å²) in [5, 5.41) is 10.2. The van der Waals surface area contributed by atoms with Crippen LogP contribution < -0.4 is 56.5 Å². The summed E-state index contributed by atoms with van der Waals surface area (Å²) in [5.74, 6) is -4.10. The van der Waals surface area contributed by atoms with Crippen molar-refractivity contribution < 1.29 is 80.3 Å². The van der Waals surface area contributed by atoms with Crippen molar-refractivity contribution in [2.75, 3.05) is 7.11 Å². The number of rotatable bonds is 4. The summed E-state index contributed by atoms with van der Waals surface area (Å²) in [7, 11) is 0.958. The molecule has 0 amide bonds. The van der Waals surface area contributed by atoms with Crippen LogP contribution in [0, 0.1) is 0 Å². The summed E-state index contributed by atoms with van der Waals surface area (Å²) in [4.78, 5) is 31.4. The molecule has 6 nitrogen and oxygen atoms in total. The van der Waals surface area contributed by atoms with Gasteiger partial charge in [-0.25, -0.2) is 9.59 Å². The Hall–Kier alpha value is -0.214. The minimum absolute atomic E-state index is 0. The van der Waals surface area contributed by atoms with Crippen LogP contribution in [0.1, 0.15) is 0 Å². The number of carbonyl (C=O) groups excluding carboxylic acids is 3. The Morgan fingerprint density at radius 1 is 1.43 bits per heavy atom. The molecule has 0 bridgehead atoms. The normalized spacial score (nSPS) is 10.4. The second-order valence-corrected chi connectivity index (χ2v) is 1.86. The first-order valence-electron chi connectivity index (χ1n) is 3.14. The molecule has 0 N–H and O–H groups in total. The standard InChI is InChI=1S/C7H8O6.K/c1-3-4(8)13-5(6(9)10)7(11)12-2;/h3,5H,1H2,2H3,(H,9,10);/q;+1/p-1. The molecule has 0 rings (SSSR count). The Morgan fingerprint density at radius 3 is 2.21 bits per heavy atom. The van der Waals surface area contributed by atoms with Gasteiger partial charge in [-0.3, -0.25) is 0 Å². The molecule has 0 aliphatic carbocycles. The van der Waals surface area contributed by atoms with Gasteiger partial charge in [0.05, 0.1) is 13.1 Å². The van der Waals surface area contributed by atoms with E-state index in [2.05, 4.69) is 16.1 Å². The van der Waals surface area contributed by atoms with Crippen molar-refractivity contribution >= 4 is 17.9 Å². The summed E-state index contributed by atoms with van der Waals surface area (Å²) in [5.41, 5.74) is 0. The number of carbonyl (C=O) groups is 3. The number of methoxy groups -OCH3 is 1. The maximum Gasteiger partial charge on any atom is 1.00 e. The van der Waals surface area contributed by atoms with Crippen molar-refractivity contribution in [1.82, 2.24) is 0 Å². The van der Waals surface area contributed by atoms with E-state index in [0.29, 0.717) is 0 Å². The molecule has 0 aromatic heterocycles. The fourth-order valence-corrected chi connectivity index (χ4v) is 0.464. The summed E-state index contributed by atoms with van der Waals surface area (Å²) in [6.45, 7) is 3.02. The molecule has 0 aliphatic heterocycles. The van der Waals surface area contributed by atoms with Crippen molar-refractivity contribution in [1.29, 1.82) is 0 Å². The SMILES string of the molecule is C=CC(=O)OC(C(=O)[O-])C(=O)OC.[K+]. The van der Waals surface area contributed by atoms with E-state index in [1.165, 1.54) is 0 Å². The molecule has 14 heavy (non-hydrogen) atoms. The summed E-state index contributed by atoms with van der Waals surface area (Å²) < 4.78 is 8.17. The third-order valence-corrected chi connectivity index (χ3v) is 1.03. The van der Waals surface area contributed by atoms with E-state index in [4.69, 9.17) is 0 Å². The molecular formula is C7H7KO6.